The van der Waals surface area contributed by atoms with Crippen LogP contribution in [0.1, 0.15) is 17.9 Å². The van der Waals surface area contributed by atoms with Crippen LogP contribution in [-0.4, -0.2) is 13.3 Å². The molecule has 80 valence electrons. The highest BCUT2D eigenvalue weighted by Crippen LogP contribution is 2.50. The zero-order valence-electron chi connectivity index (χ0n) is 8.20. The smallest absolute Gasteiger partial charge is 0.231 e. The van der Waals surface area contributed by atoms with E-state index in [4.69, 9.17) is 15.2 Å². The molecule has 2 N–H and O–H groups in total. The Hall–Kier alpha value is -0.740. The van der Waals surface area contributed by atoms with E-state index in [1.54, 1.807) is 0 Å². The number of nitrogens with two attached hydrogens (primary N) is 1. The summed E-state index contributed by atoms with van der Waals surface area (Å²) in [5.41, 5.74) is 6.95. The second-order valence-electron chi connectivity index (χ2n) is 4.07. The maximum absolute atomic E-state index is 5.64. The van der Waals surface area contributed by atoms with Gasteiger partial charge in [-0.05, 0) is 58.4 Å². The number of ether oxygens (including phenoxy) is 2. The van der Waals surface area contributed by atoms with Crippen molar-refractivity contribution in [2.24, 2.45) is 11.7 Å². The Labute approximate surface area is 96.7 Å². The molecule has 0 aromatic heterocycles. The first-order chi connectivity index (χ1) is 7.29. The van der Waals surface area contributed by atoms with Crippen LogP contribution in [0.25, 0.3) is 0 Å². The summed E-state index contributed by atoms with van der Waals surface area (Å²) in [6.07, 6.45) is 1.20. The molecule has 3 rings (SSSR count). The van der Waals surface area contributed by atoms with E-state index >= 15 is 0 Å². The minimum atomic E-state index is 0.322. The van der Waals surface area contributed by atoms with E-state index < -0.39 is 0 Å². The number of rotatable bonds is 2. The molecule has 2 atom stereocenters. The van der Waals surface area contributed by atoms with Gasteiger partial charge < -0.3 is 15.2 Å². The molecular weight excluding hydrogens is 258 g/mol. The zero-order chi connectivity index (χ0) is 10.4. The van der Waals surface area contributed by atoms with Crippen LogP contribution in [0.15, 0.2) is 16.6 Å². The van der Waals surface area contributed by atoms with Gasteiger partial charge in [0.15, 0.2) is 11.5 Å². The first-order valence-electron chi connectivity index (χ1n) is 5.08. The third-order valence-electron chi connectivity index (χ3n) is 3.10. The average molecular weight is 270 g/mol. The van der Waals surface area contributed by atoms with Crippen molar-refractivity contribution in [2.45, 2.75) is 12.3 Å². The molecule has 15 heavy (non-hydrogen) atoms. The maximum Gasteiger partial charge on any atom is 0.231 e. The molecular formula is C11H12BrNO2. The summed E-state index contributed by atoms with van der Waals surface area (Å²) in [6, 6.07) is 4.20. The van der Waals surface area contributed by atoms with Gasteiger partial charge in [0.1, 0.15) is 0 Å². The van der Waals surface area contributed by atoms with Crippen LogP contribution < -0.4 is 15.2 Å². The minimum absolute atomic E-state index is 0.322. The summed E-state index contributed by atoms with van der Waals surface area (Å²) in [5, 5.41) is 0. The fourth-order valence-electron chi connectivity index (χ4n) is 2.12. The van der Waals surface area contributed by atoms with Gasteiger partial charge in [-0.25, -0.2) is 0 Å². The normalized spacial score (nSPS) is 26.8. The Morgan fingerprint density at radius 1 is 1.40 bits per heavy atom. The Bertz CT molecular complexity index is 408. The maximum atomic E-state index is 5.64. The third-order valence-corrected chi connectivity index (χ3v) is 3.69. The van der Waals surface area contributed by atoms with E-state index in [2.05, 4.69) is 28.1 Å². The van der Waals surface area contributed by atoms with E-state index in [0.717, 1.165) is 22.5 Å². The van der Waals surface area contributed by atoms with Gasteiger partial charge in [0.2, 0.25) is 6.79 Å². The fourth-order valence-corrected chi connectivity index (χ4v) is 2.69. The molecule has 0 amide bonds. The van der Waals surface area contributed by atoms with Gasteiger partial charge in [-0.3, -0.25) is 0 Å². The van der Waals surface area contributed by atoms with Gasteiger partial charge >= 0.3 is 0 Å². The lowest BCUT2D eigenvalue weighted by molar-refractivity contribution is 0.173. The Kier molecular flexibility index (Phi) is 2.14. The minimum Gasteiger partial charge on any atom is -0.454 e. The van der Waals surface area contributed by atoms with Crippen molar-refractivity contribution in [1.82, 2.24) is 0 Å². The predicted molar refractivity (Wildman–Crippen MR) is 60.2 cm³/mol. The summed E-state index contributed by atoms with van der Waals surface area (Å²) in [4.78, 5) is 0. The molecule has 3 nitrogen and oxygen atoms in total. The van der Waals surface area contributed by atoms with Crippen molar-refractivity contribution in [3.63, 3.8) is 0 Å². The number of benzene rings is 1. The first kappa shape index (κ1) is 9.48. The molecule has 4 heteroatoms. The highest BCUT2D eigenvalue weighted by molar-refractivity contribution is 9.10. The first-order valence-corrected chi connectivity index (χ1v) is 5.88. The van der Waals surface area contributed by atoms with Crippen LogP contribution in [0, 0.1) is 5.92 Å². The van der Waals surface area contributed by atoms with Gasteiger partial charge in [0, 0.05) is 0 Å². The number of hydrogen-bond donors (Lipinski definition) is 1. The standard InChI is InChI=1S/C11H12BrNO2/c12-9-2-6(8-1-7(8)4-13)3-10-11(9)15-5-14-10/h2-3,7-8H,1,4-5,13H2. The van der Waals surface area contributed by atoms with Crippen LogP contribution >= 0.6 is 15.9 Å². The van der Waals surface area contributed by atoms with Gasteiger partial charge in [-0.1, -0.05) is 0 Å². The number of halogens is 1. The van der Waals surface area contributed by atoms with E-state index in [-0.39, 0.29) is 0 Å². The lowest BCUT2D eigenvalue weighted by Gasteiger charge is -2.04. The molecule has 0 saturated heterocycles. The summed E-state index contributed by atoms with van der Waals surface area (Å²) >= 11 is 3.50. The molecule has 1 fully saturated rings. The molecule has 2 unspecified atom stereocenters. The molecule has 1 heterocycles. The average Bonchev–Trinajstić information content (AvgIpc) is 2.88. The second kappa shape index (κ2) is 3.39. The Morgan fingerprint density at radius 3 is 3.00 bits per heavy atom. The molecule has 2 aliphatic rings. The highest BCUT2D eigenvalue weighted by Gasteiger charge is 2.38. The Morgan fingerprint density at radius 2 is 2.27 bits per heavy atom. The SMILES string of the molecule is NCC1CC1c1cc(Br)c2c(c1)OCO2. The molecule has 1 aliphatic carbocycles. The molecule has 0 bridgehead atoms. The number of fused-ring (bicyclic) bond motifs is 1. The lowest BCUT2D eigenvalue weighted by Crippen LogP contribution is -2.01. The molecule has 1 aliphatic heterocycles. The van der Waals surface area contributed by atoms with Crippen molar-refractivity contribution in [3.8, 4) is 11.5 Å². The molecule has 0 radical (unpaired) electrons. The molecule has 1 saturated carbocycles. The van der Waals surface area contributed by atoms with Crippen LogP contribution in [0.4, 0.5) is 0 Å². The fraction of sp³-hybridized carbons (Fsp3) is 0.455. The number of hydrogen-bond acceptors (Lipinski definition) is 3. The van der Waals surface area contributed by atoms with E-state index in [0.29, 0.717) is 18.6 Å². The Balaban J connectivity index is 1.94. The summed E-state index contributed by atoms with van der Waals surface area (Å²) < 4.78 is 11.7. The third kappa shape index (κ3) is 1.52. The van der Waals surface area contributed by atoms with Crippen molar-refractivity contribution in [2.75, 3.05) is 13.3 Å². The van der Waals surface area contributed by atoms with Gasteiger partial charge in [0.25, 0.3) is 0 Å². The summed E-state index contributed by atoms with van der Waals surface area (Å²) in [6.45, 7) is 1.10. The van der Waals surface area contributed by atoms with Crippen LogP contribution in [-0.2, 0) is 0 Å². The van der Waals surface area contributed by atoms with E-state index in [9.17, 15) is 0 Å². The van der Waals surface area contributed by atoms with Crippen molar-refractivity contribution >= 4 is 15.9 Å². The van der Waals surface area contributed by atoms with Gasteiger partial charge in [-0.15, -0.1) is 0 Å². The summed E-state index contributed by atoms with van der Waals surface area (Å²) in [5.74, 6) is 2.93. The van der Waals surface area contributed by atoms with Crippen LogP contribution in [0.5, 0.6) is 11.5 Å². The van der Waals surface area contributed by atoms with Crippen molar-refractivity contribution in [1.29, 1.82) is 0 Å². The lowest BCUT2D eigenvalue weighted by atomic mass is 10.1. The quantitative estimate of drug-likeness (QED) is 0.896. The second-order valence-corrected chi connectivity index (χ2v) is 4.93. The molecule has 1 aromatic rings. The molecule has 0 spiro atoms. The topological polar surface area (TPSA) is 44.5 Å². The van der Waals surface area contributed by atoms with Crippen LogP contribution in [0.3, 0.4) is 0 Å². The van der Waals surface area contributed by atoms with Crippen LogP contribution in [0.2, 0.25) is 0 Å². The van der Waals surface area contributed by atoms with Gasteiger partial charge in [-0.2, -0.15) is 0 Å². The van der Waals surface area contributed by atoms with E-state index in [1.165, 1.54) is 12.0 Å². The van der Waals surface area contributed by atoms with Crippen molar-refractivity contribution in [3.05, 3.63) is 22.2 Å². The van der Waals surface area contributed by atoms with E-state index in [1.807, 2.05) is 0 Å². The van der Waals surface area contributed by atoms with Gasteiger partial charge in [0.05, 0.1) is 4.47 Å². The summed E-state index contributed by atoms with van der Waals surface area (Å²) in [7, 11) is 0. The highest BCUT2D eigenvalue weighted by atomic mass is 79.9. The largest absolute Gasteiger partial charge is 0.454 e. The zero-order valence-corrected chi connectivity index (χ0v) is 9.79. The molecule has 1 aromatic carbocycles. The van der Waals surface area contributed by atoms with Crippen molar-refractivity contribution < 1.29 is 9.47 Å². The predicted octanol–water partition coefficient (Wildman–Crippen LogP) is 2.24. The monoisotopic (exact) mass is 269 g/mol.